The summed E-state index contributed by atoms with van der Waals surface area (Å²) in [6.07, 6.45) is 0. The lowest BCUT2D eigenvalue weighted by molar-refractivity contribution is 0.813. The molecule has 0 heterocycles. The van der Waals surface area contributed by atoms with Crippen molar-refractivity contribution < 1.29 is 0 Å². The van der Waals surface area contributed by atoms with Gasteiger partial charge in [-0.1, -0.05) is 33.6 Å². The number of nitrogens with two attached hydrogens (primary N) is 1. The van der Waals surface area contributed by atoms with Crippen molar-refractivity contribution in [3.63, 3.8) is 0 Å². The van der Waals surface area contributed by atoms with Crippen LogP contribution in [0.5, 0.6) is 0 Å². The summed E-state index contributed by atoms with van der Waals surface area (Å²) in [4.78, 5) is 0. The van der Waals surface area contributed by atoms with Gasteiger partial charge in [0.05, 0.1) is 0 Å². The molecular weight excluding hydrogens is 225 g/mol. The summed E-state index contributed by atoms with van der Waals surface area (Å²) in [5.74, 6) is 0. The van der Waals surface area contributed by atoms with Gasteiger partial charge < -0.3 is 5.73 Å². The van der Waals surface area contributed by atoms with Crippen LogP contribution in [-0.4, -0.2) is 0 Å². The van der Waals surface area contributed by atoms with E-state index in [0.29, 0.717) is 0 Å². The minimum absolute atomic E-state index is 0.0296. The zero-order valence-electron chi connectivity index (χ0n) is 6.14. The molecule has 11 heavy (non-hydrogen) atoms. The zero-order chi connectivity index (χ0) is 8.43. The molecule has 1 atom stereocenters. The summed E-state index contributed by atoms with van der Waals surface area (Å²) in [6, 6.07) is 5.63. The Kier molecular flexibility index (Phi) is 2.93. The molecule has 1 rings (SSSR count). The van der Waals surface area contributed by atoms with Gasteiger partial charge in [0.2, 0.25) is 0 Å². The summed E-state index contributed by atoms with van der Waals surface area (Å²) in [7, 11) is 0. The predicted octanol–water partition coefficient (Wildman–Crippen LogP) is 3.12. The molecule has 0 aliphatic rings. The second-order valence-corrected chi connectivity index (χ2v) is 3.69. The lowest BCUT2D eigenvalue weighted by Gasteiger charge is -2.09. The highest BCUT2D eigenvalue weighted by Gasteiger charge is 2.07. The summed E-state index contributed by atoms with van der Waals surface area (Å²) >= 11 is 9.30. The maximum atomic E-state index is 5.91. The molecule has 1 aromatic rings. The number of halogens is 2. The van der Waals surface area contributed by atoms with Crippen molar-refractivity contribution in [2.75, 3.05) is 0 Å². The maximum absolute atomic E-state index is 5.91. The van der Waals surface area contributed by atoms with Crippen LogP contribution in [0.15, 0.2) is 22.7 Å². The van der Waals surface area contributed by atoms with Gasteiger partial charge in [0.25, 0.3) is 0 Å². The van der Waals surface area contributed by atoms with Crippen LogP contribution < -0.4 is 5.73 Å². The molecule has 1 aromatic carbocycles. The minimum atomic E-state index is -0.0296. The highest BCUT2D eigenvalue weighted by Crippen LogP contribution is 2.28. The summed E-state index contributed by atoms with van der Waals surface area (Å²) in [6.45, 7) is 1.91. The average Bonchev–Trinajstić information content (AvgIpc) is 1.85. The van der Waals surface area contributed by atoms with Crippen molar-refractivity contribution in [1.29, 1.82) is 0 Å². The van der Waals surface area contributed by atoms with E-state index in [0.717, 1.165) is 15.1 Å². The van der Waals surface area contributed by atoms with E-state index in [4.69, 9.17) is 17.3 Å². The molecule has 3 heteroatoms. The van der Waals surface area contributed by atoms with E-state index in [-0.39, 0.29) is 6.04 Å². The van der Waals surface area contributed by atoms with Crippen LogP contribution in [0.4, 0.5) is 0 Å². The Morgan fingerprint density at radius 1 is 1.55 bits per heavy atom. The zero-order valence-corrected chi connectivity index (χ0v) is 8.48. The van der Waals surface area contributed by atoms with E-state index < -0.39 is 0 Å². The molecule has 60 valence electrons. The van der Waals surface area contributed by atoms with Gasteiger partial charge in [-0.25, -0.2) is 0 Å². The van der Waals surface area contributed by atoms with E-state index in [9.17, 15) is 0 Å². The molecule has 1 nitrogen and oxygen atoms in total. The number of benzene rings is 1. The van der Waals surface area contributed by atoms with Crippen molar-refractivity contribution in [2.45, 2.75) is 13.0 Å². The first-order valence-corrected chi connectivity index (χ1v) is 4.49. The lowest BCUT2D eigenvalue weighted by atomic mass is 10.1. The third-order valence-electron chi connectivity index (χ3n) is 1.46. The molecule has 2 N–H and O–H groups in total. The lowest BCUT2D eigenvalue weighted by Crippen LogP contribution is -2.06. The third-order valence-corrected chi connectivity index (χ3v) is 2.48. The van der Waals surface area contributed by atoms with Gasteiger partial charge in [-0.3, -0.25) is 0 Å². The van der Waals surface area contributed by atoms with Crippen LogP contribution in [0, 0.1) is 0 Å². The van der Waals surface area contributed by atoms with Gasteiger partial charge in [0.1, 0.15) is 0 Å². The van der Waals surface area contributed by atoms with Crippen LogP contribution in [0.3, 0.4) is 0 Å². The van der Waals surface area contributed by atoms with Crippen LogP contribution in [-0.2, 0) is 0 Å². The fourth-order valence-corrected chi connectivity index (χ4v) is 2.13. The molecule has 0 spiro atoms. The Morgan fingerprint density at radius 3 is 2.55 bits per heavy atom. The van der Waals surface area contributed by atoms with Crippen LogP contribution >= 0.6 is 27.5 Å². The molecular formula is C8H9BrClN. The Hall–Kier alpha value is -0.0500. The summed E-state index contributed by atoms with van der Waals surface area (Å²) in [5.41, 5.74) is 6.67. The first-order chi connectivity index (χ1) is 5.13. The van der Waals surface area contributed by atoms with E-state index in [2.05, 4.69) is 15.9 Å². The van der Waals surface area contributed by atoms with Crippen LogP contribution in [0.1, 0.15) is 18.5 Å². The second-order valence-electron chi connectivity index (χ2n) is 2.42. The van der Waals surface area contributed by atoms with Gasteiger partial charge in [0.15, 0.2) is 0 Å². The predicted molar refractivity (Wildman–Crippen MR) is 51.8 cm³/mol. The van der Waals surface area contributed by atoms with Gasteiger partial charge in [-0.2, -0.15) is 0 Å². The van der Waals surface area contributed by atoms with Gasteiger partial charge in [-0.05, 0) is 19.1 Å². The fraction of sp³-hybridized carbons (Fsp3) is 0.250. The average molecular weight is 235 g/mol. The smallest absolute Gasteiger partial charge is 0.0464 e. The van der Waals surface area contributed by atoms with Crippen molar-refractivity contribution in [1.82, 2.24) is 0 Å². The first kappa shape index (κ1) is 9.04. The molecule has 0 fully saturated rings. The molecule has 0 aromatic heterocycles. The molecule has 0 amide bonds. The number of hydrogen-bond donors (Lipinski definition) is 1. The standard InChI is InChI=1S/C8H9BrClN/c1-5(11)8-6(9)3-2-4-7(8)10/h2-5H,11H2,1H3/t5-/m1/s1. The number of rotatable bonds is 1. The van der Waals surface area contributed by atoms with Gasteiger partial charge in [-0.15, -0.1) is 0 Å². The number of hydrogen-bond acceptors (Lipinski definition) is 1. The van der Waals surface area contributed by atoms with Crippen LogP contribution in [0.25, 0.3) is 0 Å². The maximum Gasteiger partial charge on any atom is 0.0464 e. The van der Waals surface area contributed by atoms with E-state index in [1.165, 1.54) is 0 Å². The Balaban J connectivity index is 3.21. The van der Waals surface area contributed by atoms with Crippen molar-refractivity contribution in [2.24, 2.45) is 5.73 Å². The van der Waals surface area contributed by atoms with Crippen molar-refractivity contribution in [3.05, 3.63) is 33.3 Å². The molecule has 0 radical (unpaired) electrons. The fourth-order valence-electron chi connectivity index (χ4n) is 0.946. The molecule has 0 unspecified atom stereocenters. The largest absolute Gasteiger partial charge is 0.324 e. The Bertz CT molecular complexity index is 240. The molecule has 0 aliphatic heterocycles. The highest BCUT2D eigenvalue weighted by molar-refractivity contribution is 9.10. The summed E-state index contributed by atoms with van der Waals surface area (Å²) < 4.78 is 0.972. The first-order valence-electron chi connectivity index (χ1n) is 3.32. The normalized spacial score (nSPS) is 13.1. The third kappa shape index (κ3) is 1.95. The summed E-state index contributed by atoms with van der Waals surface area (Å²) in [5, 5.41) is 0.717. The molecule has 0 aliphatic carbocycles. The van der Waals surface area contributed by atoms with E-state index in [1.54, 1.807) is 0 Å². The second kappa shape index (κ2) is 3.57. The van der Waals surface area contributed by atoms with E-state index in [1.807, 2.05) is 25.1 Å². The van der Waals surface area contributed by atoms with Crippen molar-refractivity contribution in [3.8, 4) is 0 Å². The van der Waals surface area contributed by atoms with Crippen molar-refractivity contribution >= 4 is 27.5 Å². The monoisotopic (exact) mass is 233 g/mol. The SMILES string of the molecule is C[C@@H](N)c1c(Cl)cccc1Br. The quantitative estimate of drug-likeness (QED) is 0.794. The Morgan fingerprint density at radius 2 is 2.18 bits per heavy atom. The van der Waals surface area contributed by atoms with Gasteiger partial charge >= 0.3 is 0 Å². The highest BCUT2D eigenvalue weighted by atomic mass is 79.9. The Labute approximate surface area is 79.7 Å². The topological polar surface area (TPSA) is 26.0 Å². The van der Waals surface area contributed by atoms with Gasteiger partial charge in [0, 0.05) is 21.1 Å². The molecule has 0 saturated heterocycles. The van der Waals surface area contributed by atoms with Crippen LogP contribution in [0.2, 0.25) is 5.02 Å². The molecule has 0 saturated carbocycles. The van der Waals surface area contributed by atoms with E-state index >= 15 is 0 Å². The minimum Gasteiger partial charge on any atom is -0.324 e. The molecule has 0 bridgehead atoms.